The monoisotopic (exact) mass is 252 g/mol. The summed E-state index contributed by atoms with van der Waals surface area (Å²) in [5, 5.41) is 3.19. The summed E-state index contributed by atoms with van der Waals surface area (Å²) < 4.78 is 0. The maximum absolute atomic E-state index is 12.2. The smallest absolute Gasteiger partial charge is 0.223 e. The van der Waals surface area contributed by atoms with Crippen molar-refractivity contribution >= 4 is 5.91 Å². The second-order valence-corrected chi connectivity index (χ2v) is 6.21. The number of hydrogen-bond acceptors (Lipinski definition) is 2. The molecule has 0 aromatic heterocycles. The van der Waals surface area contributed by atoms with Gasteiger partial charge in [0.25, 0.3) is 0 Å². The first-order valence-electron chi connectivity index (χ1n) is 7.77. The first kappa shape index (κ1) is 13.9. The Balaban J connectivity index is 1.70. The fourth-order valence-corrected chi connectivity index (χ4v) is 3.52. The summed E-state index contributed by atoms with van der Waals surface area (Å²) in [7, 11) is 0. The van der Waals surface area contributed by atoms with E-state index >= 15 is 0 Å². The fourth-order valence-electron chi connectivity index (χ4n) is 3.52. The minimum Gasteiger partial charge on any atom is -0.356 e. The van der Waals surface area contributed by atoms with Gasteiger partial charge >= 0.3 is 0 Å². The minimum absolute atomic E-state index is 0.232. The van der Waals surface area contributed by atoms with Crippen LogP contribution in [0.5, 0.6) is 0 Å². The lowest BCUT2D eigenvalue weighted by Gasteiger charge is -2.28. The predicted octanol–water partition coefficient (Wildman–Crippen LogP) is 2.45. The third-order valence-corrected chi connectivity index (χ3v) is 4.78. The van der Waals surface area contributed by atoms with E-state index in [1.54, 1.807) is 0 Å². The van der Waals surface area contributed by atoms with Crippen molar-refractivity contribution in [3.05, 3.63) is 0 Å². The molecule has 18 heavy (non-hydrogen) atoms. The van der Waals surface area contributed by atoms with Gasteiger partial charge in [-0.25, -0.2) is 0 Å². The molecule has 2 aliphatic rings. The molecule has 3 heteroatoms. The van der Waals surface area contributed by atoms with Gasteiger partial charge in [-0.05, 0) is 50.5 Å². The highest BCUT2D eigenvalue weighted by molar-refractivity contribution is 5.78. The van der Waals surface area contributed by atoms with Crippen LogP contribution >= 0.6 is 0 Å². The zero-order chi connectivity index (χ0) is 12.8. The second kappa shape index (κ2) is 7.13. The SMILES string of the molecule is NCC1CCCC(C(=O)NCC2CCCCC2)C1. The highest BCUT2D eigenvalue weighted by atomic mass is 16.1. The van der Waals surface area contributed by atoms with Crippen molar-refractivity contribution in [1.29, 1.82) is 0 Å². The molecule has 0 saturated heterocycles. The molecule has 2 aliphatic carbocycles. The van der Waals surface area contributed by atoms with Crippen molar-refractivity contribution in [2.75, 3.05) is 13.1 Å². The van der Waals surface area contributed by atoms with E-state index in [1.165, 1.54) is 44.9 Å². The molecular formula is C15H28N2O. The molecule has 0 aromatic rings. The molecule has 0 bridgehead atoms. The summed E-state index contributed by atoms with van der Waals surface area (Å²) in [6.45, 7) is 1.65. The summed E-state index contributed by atoms with van der Waals surface area (Å²) in [5.74, 6) is 1.83. The second-order valence-electron chi connectivity index (χ2n) is 6.21. The third kappa shape index (κ3) is 3.98. The maximum atomic E-state index is 12.2. The molecule has 0 heterocycles. The van der Waals surface area contributed by atoms with E-state index in [0.717, 1.165) is 31.8 Å². The van der Waals surface area contributed by atoms with Gasteiger partial charge in [0, 0.05) is 12.5 Å². The summed E-state index contributed by atoms with van der Waals surface area (Å²) >= 11 is 0. The molecule has 0 spiro atoms. The molecule has 0 aliphatic heterocycles. The zero-order valence-electron chi connectivity index (χ0n) is 11.5. The van der Waals surface area contributed by atoms with Crippen LogP contribution in [0.15, 0.2) is 0 Å². The Morgan fingerprint density at radius 3 is 2.44 bits per heavy atom. The van der Waals surface area contributed by atoms with Gasteiger partial charge in [0.15, 0.2) is 0 Å². The van der Waals surface area contributed by atoms with Crippen LogP contribution in [0.3, 0.4) is 0 Å². The highest BCUT2D eigenvalue weighted by Crippen LogP contribution is 2.29. The largest absolute Gasteiger partial charge is 0.356 e. The lowest BCUT2D eigenvalue weighted by atomic mass is 9.81. The fraction of sp³-hybridized carbons (Fsp3) is 0.933. The highest BCUT2D eigenvalue weighted by Gasteiger charge is 2.26. The molecule has 0 aromatic carbocycles. The van der Waals surface area contributed by atoms with E-state index in [-0.39, 0.29) is 5.92 Å². The van der Waals surface area contributed by atoms with Crippen molar-refractivity contribution in [3.63, 3.8) is 0 Å². The van der Waals surface area contributed by atoms with Crippen LogP contribution in [0.1, 0.15) is 57.8 Å². The number of nitrogens with one attached hydrogen (secondary N) is 1. The number of carbonyl (C=O) groups is 1. The average Bonchev–Trinajstić information content (AvgIpc) is 2.46. The van der Waals surface area contributed by atoms with Gasteiger partial charge in [-0.2, -0.15) is 0 Å². The van der Waals surface area contributed by atoms with Crippen molar-refractivity contribution in [3.8, 4) is 0 Å². The molecule has 104 valence electrons. The van der Waals surface area contributed by atoms with Gasteiger partial charge in [-0.15, -0.1) is 0 Å². The molecule has 2 unspecified atom stereocenters. The van der Waals surface area contributed by atoms with Crippen molar-refractivity contribution in [2.24, 2.45) is 23.5 Å². The van der Waals surface area contributed by atoms with Crippen molar-refractivity contribution < 1.29 is 4.79 Å². The summed E-state index contributed by atoms with van der Waals surface area (Å²) in [4.78, 5) is 12.2. The van der Waals surface area contributed by atoms with E-state index in [4.69, 9.17) is 5.73 Å². The number of carbonyl (C=O) groups excluding carboxylic acids is 1. The third-order valence-electron chi connectivity index (χ3n) is 4.78. The Morgan fingerprint density at radius 1 is 1.00 bits per heavy atom. The van der Waals surface area contributed by atoms with Gasteiger partial charge in [0.2, 0.25) is 5.91 Å². The molecule has 2 atom stereocenters. The van der Waals surface area contributed by atoms with Crippen LogP contribution < -0.4 is 11.1 Å². The van der Waals surface area contributed by atoms with Crippen molar-refractivity contribution in [2.45, 2.75) is 57.8 Å². The van der Waals surface area contributed by atoms with Gasteiger partial charge < -0.3 is 11.1 Å². The molecule has 2 saturated carbocycles. The Labute approximate surface area is 111 Å². The lowest BCUT2D eigenvalue weighted by Crippen LogP contribution is -2.37. The molecular weight excluding hydrogens is 224 g/mol. The first-order valence-corrected chi connectivity index (χ1v) is 7.77. The van der Waals surface area contributed by atoms with Crippen molar-refractivity contribution in [1.82, 2.24) is 5.32 Å². The van der Waals surface area contributed by atoms with Crippen LogP contribution in [0.4, 0.5) is 0 Å². The minimum atomic E-state index is 0.232. The van der Waals surface area contributed by atoms with E-state index in [0.29, 0.717) is 11.8 Å². The standard InChI is InChI=1S/C15H28N2O/c16-10-13-7-4-8-14(9-13)15(18)17-11-12-5-2-1-3-6-12/h12-14H,1-11,16H2,(H,17,18). The van der Waals surface area contributed by atoms with Crippen LogP contribution in [-0.4, -0.2) is 19.0 Å². The molecule has 2 fully saturated rings. The average molecular weight is 252 g/mol. The van der Waals surface area contributed by atoms with Crippen LogP contribution in [0, 0.1) is 17.8 Å². The normalized spacial score (nSPS) is 30.1. The van der Waals surface area contributed by atoms with Gasteiger partial charge in [-0.1, -0.05) is 25.7 Å². The Morgan fingerprint density at radius 2 is 1.72 bits per heavy atom. The van der Waals surface area contributed by atoms with Gasteiger partial charge in [0.05, 0.1) is 0 Å². The Bertz CT molecular complexity index is 261. The molecule has 3 nitrogen and oxygen atoms in total. The predicted molar refractivity (Wildman–Crippen MR) is 74.1 cm³/mol. The molecule has 3 N–H and O–H groups in total. The number of amides is 1. The molecule has 0 radical (unpaired) electrons. The first-order chi connectivity index (χ1) is 8.79. The molecule has 2 rings (SSSR count). The van der Waals surface area contributed by atoms with E-state index in [1.807, 2.05) is 0 Å². The number of nitrogens with two attached hydrogens (primary N) is 1. The van der Waals surface area contributed by atoms with Crippen LogP contribution in [0.2, 0.25) is 0 Å². The van der Waals surface area contributed by atoms with E-state index in [9.17, 15) is 4.79 Å². The molecule has 1 amide bonds. The van der Waals surface area contributed by atoms with E-state index in [2.05, 4.69) is 5.32 Å². The lowest BCUT2D eigenvalue weighted by molar-refractivity contribution is -0.126. The quantitative estimate of drug-likeness (QED) is 0.807. The topological polar surface area (TPSA) is 55.1 Å². The number of hydrogen-bond donors (Lipinski definition) is 2. The Hall–Kier alpha value is -0.570. The van der Waals surface area contributed by atoms with Crippen LogP contribution in [0.25, 0.3) is 0 Å². The summed E-state index contributed by atoms with van der Waals surface area (Å²) in [5.41, 5.74) is 5.72. The van der Waals surface area contributed by atoms with Crippen LogP contribution in [-0.2, 0) is 4.79 Å². The maximum Gasteiger partial charge on any atom is 0.223 e. The summed E-state index contributed by atoms with van der Waals surface area (Å²) in [6.07, 6.45) is 11.1. The van der Waals surface area contributed by atoms with Gasteiger partial charge in [0.1, 0.15) is 0 Å². The van der Waals surface area contributed by atoms with E-state index < -0.39 is 0 Å². The Kier molecular flexibility index (Phi) is 5.48. The summed E-state index contributed by atoms with van der Waals surface area (Å²) in [6, 6.07) is 0. The van der Waals surface area contributed by atoms with Gasteiger partial charge in [-0.3, -0.25) is 4.79 Å². The number of rotatable bonds is 4. The zero-order valence-corrected chi connectivity index (χ0v) is 11.5.